The van der Waals surface area contributed by atoms with E-state index in [0.717, 1.165) is 18.8 Å². The summed E-state index contributed by atoms with van der Waals surface area (Å²) in [6.45, 7) is 1.76. The average molecular weight is 308 g/mol. The van der Waals surface area contributed by atoms with E-state index in [9.17, 15) is 4.79 Å². The fraction of sp³-hybridized carbons (Fsp3) is 0.625. The molecule has 0 saturated heterocycles. The van der Waals surface area contributed by atoms with E-state index >= 15 is 0 Å². The van der Waals surface area contributed by atoms with Crippen LogP contribution in [-0.4, -0.2) is 35.6 Å². The molecule has 1 fully saturated rings. The van der Waals surface area contributed by atoms with Gasteiger partial charge in [-0.3, -0.25) is 4.98 Å². The summed E-state index contributed by atoms with van der Waals surface area (Å²) >= 11 is 1.99. The molecule has 0 unspecified atom stereocenters. The highest BCUT2D eigenvalue weighted by atomic mass is 32.2. The zero-order valence-corrected chi connectivity index (χ0v) is 13.7. The van der Waals surface area contributed by atoms with Crippen LogP contribution in [0.5, 0.6) is 0 Å². The fourth-order valence-corrected chi connectivity index (χ4v) is 3.78. The number of aromatic nitrogens is 1. The Bertz CT molecular complexity index is 456. The number of ether oxygens (including phenoxy) is 1. The third-order valence-corrected chi connectivity index (χ3v) is 5.62. The van der Waals surface area contributed by atoms with Crippen molar-refractivity contribution in [2.75, 3.05) is 19.9 Å². The maximum atomic E-state index is 11.3. The average Bonchev–Trinajstić information content (AvgIpc) is 2.55. The van der Waals surface area contributed by atoms with Crippen LogP contribution in [-0.2, 0) is 11.3 Å². The standard InChI is InChI=1S/C16H24N2O2S/c1-20-15(19)13-6-7-14(18-10-13)11-17-12-16(21-2)8-4-3-5-9-16/h6-7,10,17H,3-5,8-9,11-12H2,1-2H3. The van der Waals surface area contributed by atoms with Crippen LogP contribution in [0.15, 0.2) is 18.3 Å². The van der Waals surface area contributed by atoms with Gasteiger partial charge in [0.05, 0.1) is 18.4 Å². The smallest absolute Gasteiger partial charge is 0.339 e. The van der Waals surface area contributed by atoms with Crippen LogP contribution in [0.3, 0.4) is 0 Å². The van der Waals surface area contributed by atoms with Crippen LogP contribution >= 0.6 is 11.8 Å². The van der Waals surface area contributed by atoms with Gasteiger partial charge in [0, 0.05) is 24.0 Å². The van der Waals surface area contributed by atoms with Crippen molar-refractivity contribution in [3.63, 3.8) is 0 Å². The number of pyridine rings is 1. The monoisotopic (exact) mass is 308 g/mol. The summed E-state index contributed by atoms with van der Waals surface area (Å²) in [6, 6.07) is 3.65. The minimum Gasteiger partial charge on any atom is -0.465 e. The highest BCUT2D eigenvalue weighted by molar-refractivity contribution is 8.00. The van der Waals surface area contributed by atoms with Crippen LogP contribution in [0, 0.1) is 0 Å². The number of nitrogens with one attached hydrogen (secondary N) is 1. The van der Waals surface area contributed by atoms with E-state index in [-0.39, 0.29) is 5.97 Å². The molecule has 21 heavy (non-hydrogen) atoms. The highest BCUT2D eigenvalue weighted by Gasteiger charge is 2.30. The molecule has 0 bridgehead atoms. The first-order chi connectivity index (χ1) is 10.2. The Morgan fingerprint density at radius 1 is 1.38 bits per heavy atom. The van der Waals surface area contributed by atoms with E-state index in [2.05, 4.69) is 21.3 Å². The Hall–Kier alpha value is -1.07. The first-order valence-electron chi connectivity index (χ1n) is 7.48. The quantitative estimate of drug-likeness (QED) is 0.819. The minimum atomic E-state index is -0.342. The van der Waals surface area contributed by atoms with Crippen molar-refractivity contribution >= 4 is 17.7 Å². The van der Waals surface area contributed by atoms with Gasteiger partial charge in [0.1, 0.15) is 0 Å². The minimum absolute atomic E-state index is 0.342. The SMILES string of the molecule is COC(=O)c1ccc(CNCC2(SC)CCCCC2)nc1. The zero-order chi connectivity index (χ0) is 15.1. The Kier molecular flexibility index (Phi) is 6.06. The Morgan fingerprint density at radius 3 is 2.71 bits per heavy atom. The highest BCUT2D eigenvalue weighted by Crippen LogP contribution is 2.37. The lowest BCUT2D eigenvalue weighted by molar-refractivity contribution is 0.0600. The molecule has 0 radical (unpaired) electrons. The Morgan fingerprint density at radius 2 is 2.14 bits per heavy atom. The summed E-state index contributed by atoms with van der Waals surface area (Å²) in [5.41, 5.74) is 1.45. The first-order valence-corrected chi connectivity index (χ1v) is 8.71. The molecule has 0 atom stereocenters. The van der Waals surface area contributed by atoms with Crippen molar-refractivity contribution in [3.8, 4) is 0 Å². The number of thioether (sulfide) groups is 1. The molecule has 1 heterocycles. The van der Waals surface area contributed by atoms with Crippen molar-refractivity contribution in [1.82, 2.24) is 10.3 Å². The number of hydrogen-bond acceptors (Lipinski definition) is 5. The third-order valence-electron chi connectivity index (χ3n) is 4.20. The lowest BCUT2D eigenvalue weighted by Crippen LogP contribution is -2.39. The molecule has 4 nitrogen and oxygen atoms in total. The second-order valence-corrected chi connectivity index (χ2v) is 6.86. The second-order valence-electron chi connectivity index (χ2n) is 5.58. The molecule has 0 amide bonds. The van der Waals surface area contributed by atoms with E-state index < -0.39 is 0 Å². The normalized spacial score (nSPS) is 17.4. The van der Waals surface area contributed by atoms with Crippen LogP contribution in [0.25, 0.3) is 0 Å². The van der Waals surface area contributed by atoms with Gasteiger partial charge in [0.2, 0.25) is 0 Å². The van der Waals surface area contributed by atoms with Crippen molar-refractivity contribution in [2.24, 2.45) is 0 Å². The fourth-order valence-electron chi connectivity index (χ4n) is 2.84. The zero-order valence-electron chi connectivity index (χ0n) is 12.9. The lowest BCUT2D eigenvalue weighted by atomic mass is 9.88. The molecule has 5 heteroatoms. The van der Waals surface area contributed by atoms with Crippen molar-refractivity contribution < 1.29 is 9.53 Å². The molecular weight excluding hydrogens is 284 g/mol. The predicted molar refractivity (Wildman–Crippen MR) is 86.6 cm³/mol. The van der Waals surface area contributed by atoms with Crippen LogP contribution in [0.4, 0.5) is 0 Å². The first kappa shape index (κ1) is 16.3. The van der Waals surface area contributed by atoms with Gasteiger partial charge in [-0.05, 0) is 31.2 Å². The van der Waals surface area contributed by atoms with Gasteiger partial charge in [-0.15, -0.1) is 0 Å². The number of nitrogens with zero attached hydrogens (tertiary/aromatic N) is 1. The summed E-state index contributed by atoms with van der Waals surface area (Å²) in [5.74, 6) is -0.342. The van der Waals surface area contributed by atoms with E-state index in [1.54, 1.807) is 12.3 Å². The molecule has 0 aliphatic heterocycles. The molecule has 1 N–H and O–H groups in total. The molecule has 1 aliphatic carbocycles. The van der Waals surface area contributed by atoms with Crippen LogP contribution in [0.1, 0.15) is 48.2 Å². The lowest BCUT2D eigenvalue weighted by Gasteiger charge is -2.36. The second kappa shape index (κ2) is 7.80. The van der Waals surface area contributed by atoms with Gasteiger partial charge in [0.15, 0.2) is 0 Å². The van der Waals surface area contributed by atoms with Gasteiger partial charge in [0.25, 0.3) is 0 Å². The van der Waals surface area contributed by atoms with E-state index in [1.165, 1.54) is 39.2 Å². The molecule has 1 saturated carbocycles. The summed E-state index contributed by atoms with van der Waals surface area (Å²) in [7, 11) is 1.38. The van der Waals surface area contributed by atoms with Gasteiger partial charge in [-0.25, -0.2) is 4.79 Å². The maximum Gasteiger partial charge on any atom is 0.339 e. The Balaban J connectivity index is 1.84. The van der Waals surface area contributed by atoms with Crippen molar-refractivity contribution in [3.05, 3.63) is 29.6 Å². The molecule has 116 valence electrons. The molecular formula is C16H24N2O2S. The Labute approximate surface area is 131 Å². The van der Waals surface area contributed by atoms with Crippen molar-refractivity contribution in [2.45, 2.75) is 43.4 Å². The van der Waals surface area contributed by atoms with Crippen LogP contribution < -0.4 is 5.32 Å². The van der Waals surface area contributed by atoms with Crippen LogP contribution in [0.2, 0.25) is 0 Å². The number of carbonyl (C=O) groups excluding carboxylic acids is 1. The molecule has 1 aliphatic rings. The summed E-state index contributed by atoms with van der Waals surface area (Å²) in [4.78, 5) is 15.7. The predicted octanol–water partition coefficient (Wildman–Crippen LogP) is 3.02. The number of carbonyl (C=O) groups is 1. The molecule has 1 aromatic rings. The van der Waals surface area contributed by atoms with E-state index in [1.807, 2.05) is 17.8 Å². The molecule has 2 rings (SSSR count). The third kappa shape index (κ3) is 4.45. The van der Waals surface area contributed by atoms with E-state index in [0.29, 0.717) is 10.3 Å². The molecule has 0 aromatic carbocycles. The summed E-state index contributed by atoms with van der Waals surface area (Å²) < 4.78 is 5.06. The van der Waals surface area contributed by atoms with E-state index in [4.69, 9.17) is 0 Å². The largest absolute Gasteiger partial charge is 0.465 e. The number of methoxy groups -OCH3 is 1. The number of hydrogen-bond donors (Lipinski definition) is 1. The maximum absolute atomic E-state index is 11.3. The number of rotatable bonds is 6. The summed E-state index contributed by atoms with van der Waals surface area (Å²) in [5, 5.41) is 3.53. The van der Waals surface area contributed by atoms with Gasteiger partial charge >= 0.3 is 5.97 Å². The molecule has 0 spiro atoms. The molecule has 1 aromatic heterocycles. The summed E-state index contributed by atoms with van der Waals surface area (Å²) in [6.07, 6.45) is 10.5. The topological polar surface area (TPSA) is 51.2 Å². The van der Waals surface area contributed by atoms with Crippen molar-refractivity contribution in [1.29, 1.82) is 0 Å². The van der Waals surface area contributed by atoms with Gasteiger partial charge in [-0.1, -0.05) is 19.3 Å². The number of esters is 1. The van der Waals surface area contributed by atoms with Gasteiger partial charge < -0.3 is 10.1 Å². The van der Waals surface area contributed by atoms with Gasteiger partial charge in [-0.2, -0.15) is 11.8 Å².